The summed E-state index contributed by atoms with van der Waals surface area (Å²) in [6, 6.07) is 18.2. The number of nitrogens with zero attached hydrogens (tertiary/aromatic N) is 1. The molecule has 2 aliphatic carbocycles. The molecule has 1 aromatic heterocycles. The fourth-order valence-electron chi connectivity index (χ4n) is 4.88. The van der Waals surface area contributed by atoms with E-state index in [0.29, 0.717) is 49.8 Å². The van der Waals surface area contributed by atoms with Crippen molar-refractivity contribution < 1.29 is 19.2 Å². The van der Waals surface area contributed by atoms with E-state index < -0.39 is 5.97 Å². The zero-order valence-electron chi connectivity index (χ0n) is 19.6. The number of aromatic carboxylic acids is 1. The van der Waals surface area contributed by atoms with Crippen molar-refractivity contribution in [3.63, 3.8) is 0 Å². The summed E-state index contributed by atoms with van der Waals surface area (Å²) in [6.07, 6.45) is 3.08. The van der Waals surface area contributed by atoms with Gasteiger partial charge in [-0.1, -0.05) is 71.7 Å². The van der Waals surface area contributed by atoms with E-state index in [1.807, 2.05) is 30.3 Å². The molecule has 0 unspecified atom stereocenters. The number of carboxylic acids is 1. The molecule has 1 N–H and O–H groups in total. The summed E-state index contributed by atoms with van der Waals surface area (Å²) in [5, 5.41) is 15.1. The third-order valence-electron chi connectivity index (χ3n) is 7.10. The van der Waals surface area contributed by atoms with Gasteiger partial charge in [-0.2, -0.15) is 0 Å². The van der Waals surface area contributed by atoms with Gasteiger partial charge in [-0.3, -0.25) is 0 Å². The molecule has 1 heterocycles. The quantitative estimate of drug-likeness (QED) is 0.228. The van der Waals surface area contributed by atoms with Gasteiger partial charge in [-0.05, 0) is 78.6 Å². The number of halogens is 3. The van der Waals surface area contributed by atoms with Crippen LogP contribution >= 0.6 is 34.8 Å². The molecule has 2 fully saturated rings. The van der Waals surface area contributed by atoms with Crippen LogP contribution in [-0.4, -0.2) is 16.2 Å². The molecule has 3 aromatic carbocycles. The molecule has 0 bridgehead atoms. The van der Waals surface area contributed by atoms with E-state index in [1.54, 1.807) is 30.3 Å². The molecule has 0 aliphatic heterocycles. The van der Waals surface area contributed by atoms with E-state index >= 15 is 0 Å². The summed E-state index contributed by atoms with van der Waals surface area (Å²) in [4.78, 5) is 11.1. The molecule has 2 saturated carbocycles. The Bertz CT molecular complexity index is 1470. The minimum Gasteiger partial charge on any atom is -0.489 e. The number of carbonyl (C=O) groups is 1. The summed E-state index contributed by atoms with van der Waals surface area (Å²) in [7, 11) is 0. The molecule has 0 amide bonds. The molecular formula is C30H26Cl3NO4. The molecule has 5 nitrogen and oxygen atoms in total. The fourth-order valence-corrected chi connectivity index (χ4v) is 5.77. The first kappa shape index (κ1) is 26.6. The van der Waals surface area contributed by atoms with Gasteiger partial charge in [0.05, 0.1) is 21.2 Å². The summed E-state index contributed by atoms with van der Waals surface area (Å²) < 4.78 is 11.9. The van der Waals surface area contributed by atoms with Gasteiger partial charge in [-0.15, -0.1) is 0 Å². The van der Waals surface area contributed by atoms with Crippen LogP contribution in [0.5, 0.6) is 5.75 Å². The van der Waals surface area contributed by atoms with Crippen molar-refractivity contribution in [2.24, 2.45) is 0 Å². The van der Waals surface area contributed by atoms with Gasteiger partial charge in [-0.25, -0.2) is 4.79 Å². The highest BCUT2D eigenvalue weighted by Gasteiger charge is 2.40. The van der Waals surface area contributed by atoms with E-state index in [2.05, 4.69) is 5.16 Å². The van der Waals surface area contributed by atoms with Crippen LogP contribution < -0.4 is 4.74 Å². The molecule has 6 rings (SSSR count). The normalized spacial score (nSPS) is 18.1. The Hall–Kier alpha value is -2.99. The molecule has 0 radical (unpaired) electrons. The van der Waals surface area contributed by atoms with Gasteiger partial charge in [0, 0.05) is 16.5 Å². The van der Waals surface area contributed by atoms with Crippen LogP contribution in [0.3, 0.4) is 0 Å². The Morgan fingerprint density at radius 3 is 2.32 bits per heavy atom. The molecule has 8 heteroatoms. The SMILES string of the molecule is C.O=C(O)c1ccc([C@@H]2C[C@H]2c2ccc(OCc3c(-c4c(Cl)cccc4Cl)noc3C3CC3)cc2Cl)cc1. The van der Waals surface area contributed by atoms with Crippen molar-refractivity contribution in [3.8, 4) is 17.0 Å². The average molecular weight is 571 g/mol. The topological polar surface area (TPSA) is 72.6 Å². The molecule has 196 valence electrons. The summed E-state index contributed by atoms with van der Waals surface area (Å²) in [5.41, 5.74) is 4.58. The lowest BCUT2D eigenvalue weighted by molar-refractivity contribution is 0.0697. The lowest BCUT2D eigenvalue weighted by Gasteiger charge is -2.11. The van der Waals surface area contributed by atoms with E-state index in [1.165, 1.54) is 0 Å². The maximum atomic E-state index is 11.1. The fraction of sp³-hybridized carbons (Fsp3) is 0.267. The lowest BCUT2D eigenvalue weighted by Crippen LogP contribution is -2.00. The van der Waals surface area contributed by atoms with Crippen molar-refractivity contribution in [1.82, 2.24) is 5.16 Å². The molecule has 4 aromatic rings. The third-order valence-corrected chi connectivity index (χ3v) is 8.05. The van der Waals surface area contributed by atoms with Crippen molar-refractivity contribution >= 4 is 40.8 Å². The van der Waals surface area contributed by atoms with E-state index in [4.69, 9.17) is 49.2 Å². The monoisotopic (exact) mass is 569 g/mol. The molecule has 0 saturated heterocycles. The predicted molar refractivity (Wildman–Crippen MR) is 150 cm³/mol. The number of ether oxygens (including phenoxy) is 1. The van der Waals surface area contributed by atoms with Crippen LogP contribution in [0, 0.1) is 0 Å². The number of hydrogen-bond donors (Lipinski definition) is 1. The van der Waals surface area contributed by atoms with Crippen LogP contribution in [0.4, 0.5) is 0 Å². The zero-order valence-corrected chi connectivity index (χ0v) is 21.9. The predicted octanol–water partition coefficient (Wildman–Crippen LogP) is 9.36. The Morgan fingerprint density at radius 2 is 1.68 bits per heavy atom. The largest absolute Gasteiger partial charge is 0.489 e. The van der Waals surface area contributed by atoms with Crippen molar-refractivity contribution in [2.75, 3.05) is 0 Å². The highest BCUT2D eigenvalue weighted by atomic mass is 35.5. The van der Waals surface area contributed by atoms with Gasteiger partial charge >= 0.3 is 5.97 Å². The number of hydrogen-bond acceptors (Lipinski definition) is 4. The first-order valence-corrected chi connectivity index (χ1v) is 13.2. The number of rotatable bonds is 8. The highest BCUT2D eigenvalue weighted by Crippen LogP contribution is 2.56. The molecule has 2 aliphatic rings. The number of aromatic nitrogens is 1. The Balaban J connectivity index is 0.00000294. The smallest absolute Gasteiger partial charge is 0.335 e. The second-order valence-corrected chi connectivity index (χ2v) is 10.8. The highest BCUT2D eigenvalue weighted by molar-refractivity contribution is 6.39. The Labute approximate surface area is 236 Å². The second kappa shape index (κ2) is 10.6. The third kappa shape index (κ3) is 5.15. The Kier molecular flexibility index (Phi) is 7.45. The molecule has 2 atom stereocenters. The maximum absolute atomic E-state index is 11.1. The summed E-state index contributed by atoms with van der Waals surface area (Å²) in [5.74, 6) is 1.51. The first-order valence-electron chi connectivity index (χ1n) is 12.1. The van der Waals surface area contributed by atoms with Crippen LogP contribution in [0.25, 0.3) is 11.3 Å². The zero-order chi connectivity index (χ0) is 25.7. The molecule has 38 heavy (non-hydrogen) atoms. The minimum absolute atomic E-state index is 0. The van der Waals surface area contributed by atoms with Crippen molar-refractivity contribution in [3.05, 3.63) is 104 Å². The van der Waals surface area contributed by atoms with Crippen LogP contribution in [0.1, 0.15) is 77.3 Å². The summed E-state index contributed by atoms with van der Waals surface area (Å²) in [6.45, 7) is 0.254. The number of carboxylic acid groups (broad SMARTS) is 1. The van der Waals surface area contributed by atoms with E-state index in [9.17, 15) is 4.79 Å². The molecular weight excluding hydrogens is 545 g/mol. The number of benzene rings is 3. The van der Waals surface area contributed by atoms with Gasteiger partial charge < -0.3 is 14.4 Å². The van der Waals surface area contributed by atoms with Crippen LogP contribution in [0.15, 0.2) is 65.2 Å². The minimum atomic E-state index is -0.921. The lowest BCUT2D eigenvalue weighted by atomic mass is 10.0. The van der Waals surface area contributed by atoms with Crippen molar-refractivity contribution in [2.45, 2.75) is 51.0 Å². The average Bonchev–Trinajstić information content (AvgIpc) is 3.81. The van der Waals surface area contributed by atoms with Crippen molar-refractivity contribution in [1.29, 1.82) is 0 Å². The van der Waals surface area contributed by atoms with Gasteiger partial charge in [0.15, 0.2) is 0 Å². The standard InChI is InChI=1S/C29H22Cl3NO4.CH4/c30-23-2-1-3-24(31)26(23)27-22(28(37-33-27)16-6-7-16)14-36-18-10-11-19(25(32)12-18)21-13-20(21)15-4-8-17(9-5-15)29(34)35;/h1-5,8-12,16,20-21H,6-7,13-14H2,(H,34,35);1H4/t20-,21-;/m0./s1. The van der Waals surface area contributed by atoms with Gasteiger partial charge in [0.2, 0.25) is 0 Å². The van der Waals surface area contributed by atoms with Gasteiger partial charge in [0.1, 0.15) is 23.8 Å². The second-order valence-electron chi connectivity index (χ2n) is 9.59. The maximum Gasteiger partial charge on any atom is 0.335 e. The van der Waals surface area contributed by atoms with Crippen LogP contribution in [-0.2, 0) is 6.61 Å². The Morgan fingerprint density at radius 1 is 0.974 bits per heavy atom. The van der Waals surface area contributed by atoms with Gasteiger partial charge in [0.25, 0.3) is 0 Å². The van der Waals surface area contributed by atoms with E-state index in [0.717, 1.165) is 41.7 Å². The summed E-state index contributed by atoms with van der Waals surface area (Å²) >= 11 is 19.6. The van der Waals surface area contributed by atoms with Crippen LogP contribution in [0.2, 0.25) is 15.1 Å². The first-order chi connectivity index (χ1) is 17.9. The molecule has 0 spiro atoms. The van der Waals surface area contributed by atoms with E-state index in [-0.39, 0.29) is 19.6 Å².